The molecule has 0 bridgehead atoms. The molecule has 0 radical (unpaired) electrons. The van der Waals surface area contributed by atoms with Gasteiger partial charge in [-0.25, -0.2) is 0 Å². The molecule has 0 aliphatic rings. The highest BCUT2D eigenvalue weighted by atomic mass is 15.1. The van der Waals surface area contributed by atoms with E-state index in [1.807, 2.05) is 39.2 Å². The minimum Gasteiger partial charge on any atom is -0.384 e. The van der Waals surface area contributed by atoms with E-state index < -0.39 is 0 Å². The van der Waals surface area contributed by atoms with Gasteiger partial charge in [-0.15, -0.1) is 0 Å². The van der Waals surface area contributed by atoms with Crippen molar-refractivity contribution in [1.29, 1.82) is 0 Å². The lowest BCUT2D eigenvalue weighted by Gasteiger charge is -2.25. The van der Waals surface area contributed by atoms with Crippen molar-refractivity contribution < 1.29 is 0 Å². The van der Waals surface area contributed by atoms with E-state index in [1.165, 1.54) is 5.56 Å². The summed E-state index contributed by atoms with van der Waals surface area (Å²) in [6, 6.07) is 10.3. The van der Waals surface area contributed by atoms with E-state index in [2.05, 4.69) is 28.9 Å². The highest BCUT2D eigenvalue weighted by molar-refractivity contribution is 5.29. The Morgan fingerprint density at radius 3 is 2.41 bits per heavy atom. The summed E-state index contributed by atoms with van der Waals surface area (Å²) in [6.07, 6.45) is 0. The van der Waals surface area contributed by atoms with Crippen LogP contribution in [0.4, 0.5) is 0 Å². The molecule has 0 saturated carbocycles. The summed E-state index contributed by atoms with van der Waals surface area (Å²) in [5.74, 6) is 0.649. The Labute approximate surface area is 104 Å². The van der Waals surface area contributed by atoms with Crippen LogP contribution in [-0.2, 0) is 6.54 Å². The van der Waals surface area contributed by atoms with Gasteiger partial charge < -0.3 is 16.0 Å². The highest BCUT2D eigenvalue weighted by Crippen LogP contribution is 2.15. The van der Waals surface area contributed by atoms with Gasteiger partial charge in [0.15, 0.2) is 0 Å². The van der Waals surface area contributed by atoms with Crippen LogP contribution in [0.15, 0.2) is 54.0 Å². The number of nitrogens with zero attached hydrogens (tertiary/aromatic N) is 1. The van der Waals surface area contributed by atoms with Gasteiger partial charge in [0.25, 0.3) is 0 Å². The summed E-state index contributed by atoms with van der Waals surface area (Å²) in [4.78, 5) is 2.10. The molecule has 0 aliphatic heterocycles. The van der Waals surface area contributed by atoms with Crippen LogP contribution in [0.25, 0.3) is 0 Å². The minimum atomic E-state index is 0.649. The lowest BCUT2D eigenvalue weighted by molar-refractivity contribution is 0.410. The van der Waals surface area contributed by atoms with E-state index in [0.717, 1.165) is 17.8 Å². The van der Waals surface area contributed by atoms with Gasteiger partial charge in [0.2, 0.25) is 0 Å². The van der Waals surface area contributed by atoms with E-state index in [4.69, 9.17) is 5.73 Å². The Kier molecular flexibility index (Phi) is 4.64. The minimum absolute atomic E-state index is 0.649. The average Bonchev–Trinajstić information content (AvgIpc) is 2.29. The molecular weight excluding hydrogens is 210 g/mol. The number of allylic oxidation sites excluding steroid dienone is 1. The monoisotopic (exact) mass is 231 g/mol. The summed E-state index contributed by atoms with van der Waals surface area (Å²) in [5.41, 5.74) is 9.10. The fourth-order valence-electron chi connectivity index (χ4n) is 1.82. The molecule has 0 fully saturated rings. The molecule has 0 amide bonds. The van der Waals surface area contributed by atoms with Crippen LogP contribution in [0.1, 0.15) is 12.5 Å². The van der Waals surface area contributed by atoms with Crippen LogP contribution in [0.3, 0.4) is 0 Å². The first kappa shape index (κ1) is 13.2. The molecule has 3 N–H and O–H groups in total. The number of nitrogens with one attached hydrogen (secondary N) is 1. The van der Waals surface area contributed by atoms with E-state index in [-0.39, 0.29) is 0 Å². The van der Waals surface area contributed by atoms with Crippen molar-refractivity contribution in [3.63, 3.8) is 0 Å². The third-order valence-electron chi connectivity index (χ3n) is 2.57. The van der Waals surface area contributed by atoms with Gasteiger partial charge in [-0.3, -0.25) is 0 Å². The first-order valence-corrected chi connectivity index (χ1v) is 5.64. The molecule has 1 aromatic carbocycles. The van der Waals surface area contributed by atoms with Crippen molar-refractivity contribution in [3.8, 4) is 0 Å². The van der Waals surface area contributed by atoms with Gasteiger partial charge in [-0.1, -0.05) is 36.9 Å². The second kappa shape index (κ2) is 5.99. The second-order valence-electron chi connectivity index (χ2n) is 4.13. The third-order valence-corrected chi connectivity index (χ3v) is 2.57. The molecule has 92 valence electrons. The van der Waals surface area contributed by atoms with Crippen LogP contribution in [0.5, 0.6) is 0 Å². The van der Waals surface area contributed by atoms with Crippen molar-refractivity contribution in [2.75, 3.05) is 14.1 Å². The molecule has 3 nitrogen and oxygen atoms in total. The molecule has 3 heteroatoms. The number of likely N-dealkylation sites (N-methyl/N-ethyl adjacent to an activating group) is 1. The van der Waals surface area contributed by atoms with Gasteiger partial charge >= 0.3 is 0 Å². The smallest absolute Gasteiger partial charge is 0.120 e. The van der Waals surface area contributed by atoms with Crippen LogP contribution in [-0.4, -0.2) is 19.0 Å². The zero-order chi connectivity index (χ0) is 12.8. The average molecular weight is 231 g/mol. The molecule has 0 atom stereocenters. The van der Waals surface area contributed by atoms with Crippen LogP contribution in [0.2, 0.25) is 0 Å². The lowest BCUT2D eigenvalue weighted by atomic mass is 10.1. The molecule has 1 aromatic rings. The van der Waals surface area contributed by atoms with Gasteiger partial charge in [-0.2, -0.15) is 0 Å². The van der Waals surface area contributed by atoms with Crippen molar-refractivity contribution in [2.24, 2.45) is 5.73 Å². The summed E-state index contributed by atoms with van der Waals surface area (Å²) in [6.45, 7) is 6.74. The Morgan fingerprint density at radius 1 is 1.35 bits per heavy atom. The number of rotatable bonds is 5. The summed E-state index contributed by atoms with van der Waals surface area (Å²) in [5, 5.41) is 2.97. The lowest BCUT2D eigenvalue weighted by Crippen LogP contribution is -2.27. The quantitative estimate of drug-likeness (QED) is 0.762. The van der Waals surface area contributed by atoms with E-state index in [9.17, 15) is 0 Å². The fraction of sp³-hybridized carbons (Fsp3) is 0.286. The van der Waals surface area contributed by atoms with Crippen LogP contribution >= 0.6 is 0 Å². The zero-order valence-electron chi connectivity index (χ0n) is 10.8. The topological polar surface area (TPSA) is 41.3 Å². The van der Waals surface area contributed by atoms with Gasteiger partial charge in [0.1, 0.15) is 5.82 Å². The molecule has 0 heterocycles. The maximum absolute atomic E-state index is 5.94. The number of benzene rings is 1. The van der Waals surface area contributed by atoms with Crippen molar-refractivity contribution in [3.05, 3.63) is 59.6 Å². The van der Waals surface area contributed by atoms with Crippen LogP contribution in [0, 0.1) is 0 Å². The maximum atomic E-state index is 5.94. The molecular formula is C14H21N3. The van der Waals surface area contributed by atoms with Crippen molar-refractivity contribution >= 4 is 0 Å². The van der Waals surface area contributed by atoms with E-state index in [0.29, 0.717) is 5.82 Å². The molecule has 1 rings (SSSR count). The molecule has 0 aromatic heterocycles. The second-order valence-corrected chi connectivity index (χ2v) is 4.13. The van der Waals surface area contributed by atoms with E-state index >= 15 is 0 Å². The van der Waals surface area contributed by atoms with Crippen molar-refractivity contribution in [2.45, 2.75) is 13.5 Å². The normalized spacial score (nSPS) is 11.7. The maximum Gasteiger partial charge on any atom is 0.120 e. The van der Waals surface area contributed by atoms with Crippen LogP contribution < -0.4 is 11.1 Å². The summed E-state index contributed by atoms with van der Waals surface area (Å²) >= 11 is 0. The molecule has 0 unspecified atom stereocenters. The standard InChI is InChI=1S/C14H21N3/c1-11(2)13(14(15)16-3)17(4)10-12-8-6-5-7-9-12/h5-9,16H,1,10,15H2,2-4H3/b14-13+. The first-order chi connectivity index (χ1) is 8.06. The molecule has 0 aliphatic carbocycles. The Hall–Kier alpha value is -1.90. The predicted molar refractivity (Wildman–Crippen MR) is 73.0 cm³/mol. The van der Waals surface area contributed by atoms with Crippen molar-refractivity contribution in [1.82, 2.24) is 10.2 Å². The number of hydrogen-bond donors (Lipinski definition) is 2. The highest BCUT2D eigenvalue weighted by Gasteiger charge is 2.10. The van der Waals surface area contributed by atoms with Gasteiger partial charge in [0.05, 0.1) is 5.70 Å². The van der Waals surface area contributed by atoms with Gasteiger partial charge in [-0.05, 0) is 18.1 Å². The van der Waals surface area contributed by atoms with E-state index in [1.54, 1.807) is 0 Å². The largest absolute Gasteiger partial charge is 0.384 e. The fourth-order valence-corrected chi connectivity index (χ4v) is 1.82. The molecule has 17 heavy (non-hydrogen) atoms. The Bertz CT molecular complexity index is 407. The molecule has 0 spiro atoms. The summed E-state index contributed by atoms with van der Waals surface area (Å²) < 4.78 is 0. The zero-order valence-corrected chi connectivity index (χ0v) is 10.8. The number of hydrogen-bond acceptors (Lipinski definition) is 3. The first-order valence-electron chi connectivity index (χ1n) is 5.64. The predicted octanol–water partition coefficient (Wildman–Crippen LogP) is 2.04. The SMILES string of the molecule is C=C(C)/C(=C(/N)NC)N(C)Cc1ccccc1. The number of nitrogens with two attached hydrogens (primary N) is 1. The Balaban J connectivity index is 2.88. The third kappa shape index (κ3) is 3.55. The summed E-state index contributed by atoms with van der Waals surface area (Å²) in [7, 11) is 3.83. The Morgan fingerprint density at radius 2 is 1.94 bits per heavy atom. The van der Waals surface area contributed by atoms with Gasteiger partial charge in [0, 0.05) is 20.6 Å². The molecule has 0 saturated heterocycles.